The molecule has 0 aliphatic heterocycles. The molecule has 0 bridgehead atoms. The lowest BCUT2D eigenvalue weighted by Crippen LogP contribution is -1.89. The van der Waals surface area contributed by atoms with E-state index in [0.29, 0.717) is 11.3 Å². The summed E-state index contributed by atoms with van der Waals surface area (Å²) in [5.74, 6) is 1.43. The second kappa shape index (κ2) is 4.89. The van der Waals surface area contributed by atoms with Crippen LogP contribution in [0.15, 0.2) is 36.7 Å². The maximum absolute atomic E-state index is 9.58. The van der Waals surface area contributed by atoms with Crippen LogP contribution in [0.25, 0.3) is 32.6 Å². The quantitative estimate of drug-likeness (QED) is 0.612. The Bertz CT molecular complexity index is 1110. The van der Waals surface area contributed by atoms with E-state index in [-0.39, 0.29) is 0 Å². The highest BCUT2D eigenvalue weighted by Crippen LogP contribution is 2.38. The smallest absolute Gasteiger partial charge is 0.147 e. The van der Waals surface area contributed by atoms with Gasteiger partial charge in [0.05, 0.1) is 43.0 Å². The molecule has 0 aliphatic carbocycles. The normalized spacial score (nSPS) is 11.0. The Morgan fingerprint density at radius 3 is 2.70 bits per heavy atom. The number of methoxy groups -OCH3 is 2. The van der Waals surface area contributed by atoms with Crippen molar-refractivity contribution in [2.24, 2.45) is 0 Å². The Labute approximate surface area is 132 Å². The van der Waals surface area contributed by atoms with Gasteiger partial charge in [0.1, 0.15) is 11.5 Å². The third kappa shape index (κ3) is 1.82. The molecule has 5 nitrogen and oxygen atoms in total. The summed E-state index contributed by atoms with van der Waals surface area (Å²) < 4.78 is 10.8. The number of nitriles is 1. The molecular formula is C18H13N3O2. The van der Waals surface area contributed by atoms with Crippen molar-refractivity contribution in [1.29, 1.82) is 5.26 Å². The molecule has 0 amide bonds. The highest BCUT2D eigenvalue weighted by atomic mass is 16.5. The second-order valence-electron chi connectivity index (χ2n) is 5.26. The van der Waals surface area contributed by atoms with Gasteiger partial charge in [0.25, 0.3) is 0 Å². The predicted molar refractivity (Wildman–Crippen MR) is 88.9 cm³/mol. The van der Waals surface area contributed by atoms with Gasteiger partial charge in [-0.15, -0.1) is 0 Å². The fraction of sp³-hybridized carbons (Fsp3) is 0.111. The van der Waals surface area contributed by atoms with E-state index in [0.717, 1.165) is 38.3 Å². The lowest BCUT2D eigenvalue weighted by Gasteiger charge is -2.07. The van der Waals surface area contributed by atoms with Gasteiger partial charge in [0.15, 0.2) is 0 Å². The fourth-order valence-electron chi connectivity index (χ4n) is 3.07. The van der Waals surface area contributed by atoms with Crippen LogP contribution in [-0.2, 0) is 0 Å². The zero-order valence-corrected chi connectivity index (χ0v) is 12.7. The Balaban J connectivity index is 2.29. The van der Waals surface area contributed by atoms with Gasteiger partial charge in [-0.2, -0.15) is 5.26 Å². The summed E-state index contributed by atoms with van der Waals surface area (Å²) in [4.78, 5) is 7.59. The first-order valence-corrected chi connectivity index (χ1v) is 7.11. The Hall–Kier alpha value is -3.26. The van der Waals surface area contributed by atoms with Crippen molar-refractivity contribution >= 4 is 32.6 Å². The Morgan fingerprint density at radius 2 is 1.96 bits per heavy atom. The van der Waals surface area contributed by atoms with E-state index >= 15 is 0 Å². The topological polar surface area (TPSA) is 70.9 Å². The van der Waals surface area contributed by atoms with E-state index in [1.807, 2.05) is 24.3 Å². The number of fused-ring (bicyclic) bond motifs is 5. The van der Waals surface area contributed by atoms with E-state index in [1.165, 1.54) is 0 Å². The summed E-state index contributed by atoms with van der Waals surface area (Å²) in [6, 6.07) is 9.92. The molecule has 0 unspecified atom stereocenters. The van der Waals surface area contributed by atoms with Gasteiger partial charge in [-0.3, -0.25) is 4.98 Å². The van der Waals surface area contributed by atoms with Crippen LogP contribution in [-0.4, -0.2) is 24.2 Å². The summed E-state index contributed by atoms with van der Waals surface area (Å²) >= 11 is 0. The minimum absolute atomic E-state index is 0.599. The molecule has 2 heterocycles. The molecule has 2 aromatic carbocycles. The maximum Gasteiger partial charge on any atom is 0.147 e. The van der Waals surface area contributed by atoms with Gasteiger partial charge in [0.2, 0.25) is 0 Å². The first kappa shape index (κ1) is 13.4. The Kier molecular flexibility index (Phi) is 2.85. The average molecular weight is 303 g/mol. The molecule has 2 aromatic heterocycles. The molecule has 5 heteroatoms. The number of hydrogen-bond donors (Lipinski definition) is 1. The number of ether oxygens (including phenoxy) is 2. The molecule has 0 aliphatic rings. The molecule has 112 valence electrons. The maximum atomic E-state index is 9.58. The molecule has 0 spiro atoms. The van der Waals surface area contributed by atoms with Crippen LogP contribution in [0.3, 0.4) is 0 Å². The van der Waals surface area contributed by atoms with Crippen molar-refractivity contribution in [3.05, 3.63) is 42.2 Å². The first-order chi connectivity index (χ1) is 11.3. The van der Waals surface area contributed by atoms with Crippen LogP contribution in [0.1, 0.15) is 5.56 Å². The molecule has 1 N–H and O–H groups in total. The van der Waals surface area contributed by atoms with Gasteiger partial charge in [-0.25, -0.2) is 0 Å². The zero-order chi connectivity index (χ0) is 16.0. The van der Waals surface area contributed by atoms with Crippen LogP contribution >= 0.6 is 0 Å². The van der Waals surface area contributed by atoms with Gasteiger partial charge in [-0.05, 0) is 24.3 Å². The predicted octanol–water partition coefficient (Wildman–Crippen LogP) is 3.76. The number of aromatic amines is 1. The van der Waals surface area contributed by atoms with E-state index in [4.69, 9.17) is 9.47 Å². The number of nitrogens with one attached hydrogen (secondary N) is 1. The number of hydrogen-bond acceptors (Lipinski definition) is 4. The van der Waals surface area contributed by atoms with Crippen molar-refractivity contribution in [3.8, 4) is 17.6 Å². The molecule has 0 fully saturated rings. The number of nitrogens with zero attached hydrogens (tertiary/aromatic N) is 2. The van der Waals surface area contributed by atoms with Crippen LogP contribution in [0.2, 0.25) is 0 Å². The molecule has 0 saturated heterocycles. The largest absolute Gasteiger partial charge is 0.497 e. The van der Waals surface area contributed by atoms with E-state index < -0.39 is 0 Å². The molecule has 0 saturated carbocycles. The van der Waals surface area contributed by atoms with Gasteiger partial charge in [-0.1, -0.05) is 0 Å². The molecule has 0 atom stereocenters. The van der Waals surface area contributed by atoms with Gasteiger partial charge >= 0.3 is 0 Å². The summed E-state index contributed by atoms with van der Waals surface area (Å²) in [6.07, 6.45) is 3.42. The fourth-order valence-corrected chi connectivity index (χ4v) is 3.07. The highest BCUT2D eigenvalue weighted by Gasteiger charge is 2.16. The summed E-state index contributed by atoms with van der Waals surface area (Å²) in [5.41, 5.74) is 2.42. The van der Waals surface area contributed by atoms with E-state index in [1.54, 1.807) is 26.6 Å². The van der Waals surface area contributed by atoms with Gasteiger partial charge < -0.3 is 14.5 Å². The van der Waals surface area contributed by atoms with Crippen LogP contribution in [0.4, 0.5) is 0 Å². The number of aromatic nitrogens is 2. The second-order valence-corrected chi connectivity index (χ2v) is 5.26. The molecule has 0 radical (unpaired) electrons. The average Bonchev–Trinajstić information content (AvgIpc) is 2.98. The van der Waals surface area contributed by atoms with Gasteiger partial charge in [0, 0.05) is 27.9 Å². The summed E-state index contributed by atoms with van der Waals surface area (Å²) in [5, 5.41) is 13.2. The summed E-state index contributed by atoms with van der Waals surface area (Å²) in [6.45, 7) is 0. The van der Waals surface area contributed by atoms with Crippen LogP contribution < -0.4 is 9.47 Å². The monoisotopic (exact) mass is 303 g/mol. The highest BCUT2D eigenvalue weighted by molar-refractivity contribution is 6.20. The molecule has 23 heavy (non-hydrogen) atoms. The van der Waals surface area contributed by atoms with E-state index in [9.17, 15) is 5.26 Å². The lowest BCUT2D eigenvalue weighted by molar-refractivity contribution is 0.415. The van der Waals surface area contributed by atoms with Crippen molar-refractivity contribution in [2.75, 3.05) is 14.2 Å². The molecular weight excluding hydrogens is 290 g/mol. The SMILES string of the molecule is COc1ccc2[nH]c3c4c(OC)cncc4cc(C#N)c3c2c1. The van der Waals surface area contributed by atoms with Crippen LogP contribution in [0.5, 0.6) is 11.5 Å². The standard InChI is InChI=1S/C18H13N3O2/c1-22-12-3-4-14-13(6-12)16-10(7-19)5-11-8-20-9-15(23-2)17(11)18(16)21-14/h3-6,8-9,21H,1-2H3. The number of rotatable bonds is 2. The Morgan fingerprint density at radius 1 is 1.09 bits per heavy atom. The van der Waals surface area contributed by atoms with E-state index in [2.05, 4.69) is 16.0 Å². The number of H-pyrrole nitrogens is 1. The number of pyridine rings is 1. The minimum Gasteiger partial charge on any atom is -0.497 e. The summed E-state index contributed by atoms with van der Waals surface area (Å²) in [7, 11) is 3.25. The minimum atomic E-state index is 0.599. The van der Waals surface area contributed by atoms with Crippen molar-refractivity contribution in [1.82, 2.24) is 9.97 Å². The third-order valence-corrected chi connectivity index (χ3v) is 4.11. The molecule has 4 aromatic rings. The zero-order valence-electron chi connectivity index (χ0n) is 12.7. The lowest BCUT2D eigenvalue weighted by atomic mass is 10.0. The van der Waals surface area contributed by atoms with Crippen molar-refractivity contribution < 1.29 is 9.47 Å². The molecule has 4 rings (SSSR count). The first-order valence-electron chi connectivity index (χ1n) is 7.11. The van der Waals surface area contributed by atoms with Crippen molar-refractivity contribution in [3.63, 3.8) is 0 Å². The van der Waals surface area contributed by atoms with Crippen LogP contribution in [0, 0.1) is 11.3 Å². The third-order valence-electron chi connectivity index (χ3n) is 4.11. The van der Waals surface area contributed by atoms with Crippen molar-refractivity contribution in [2.45, 2.75) is 0 Å². The number of benzene rings is 2.